The van der Waals surface area contributed by atoms with Crippen molar-refractivity contribution >= 4 is 11.9 Å². The summed E-state index contributed by atoms with van der Waals surface area (Å²) in [5.41, 5.74) is 2.43. The molecule has 7 nitrogen and oxygen atoms in total. The summed E-state index contributed by atoms with van der Waals surface area (Å²) in [6.45, 7) is 1.01. The van der Waals surface area contributed by atoms with Crippen molar-refractivity contribution in [3.63, 3.8) is 0 Å². The minimum atomic E-state index is -0.507. The Balaban J connectivity index is 1.39. The Morgan fingerprint density at radius 3 is 2.13 bits per heavy atom. The lowest BCUT2D eigenvalue weighted by molar-refractivity contribution is -0.116. The Bertz CT molecular complexity index is 1150. The number of rotatable bonds is 5. The van der Waals surface area contributed by atoms with E-state index in [1.165, 1.54) is 0 Å². The first-order valence-corrected chi connectivity index (χ1v) is 9.92. The van der Waals surface area contributed by atoms with Crippen LogP contribution < -0.4 is 14.8 Å². The molecule has 0 saturated carbocycles. The topological polar surface area (TPSA) is 86.5 Å². The Labute approximate surface area is 178 Å². The Hall–Kier alpha value is -4.13. The van der Waals surface area contributed by atoms with Gasteiger partial charge in [-0.05, 0) is 29.3 Å². The molecule has 0 atom stereocenters. The highest BCUT2D eigenvalue weighted by Gasteiger charge is 2.24. The molecule has 1 aromatic heterocycles. The van der Waals surface area contributed by atoms with Crippen LogP contribution in [0.2, 0.25) is 0 Å². The molecular formula is C24H19N3O4. The van der Waals surface area contributed by atoms with Crippen LogP contribution in [0.1, 0.15) is 17.0 Å². The van der Waals surface area contributed by atoms with Crippen LogP contribution in [0.5, 0.6) is 11.5 Å². The molecule has 0 bridgehead atoms. The van der Waals surface area contributed by atoms with Crippen LogP contribution in [-0.2, 0) is 4.79 Å². The van der Waals surface area contributed by atoms with E-state index >= 15 is 0 Å². The van der Waals surface area contributed by atoms with E-state index in [-0.39, 0.29) is 17.8 Å². The molecule has 0 unspecified atom stereocenters. The van der Waals surface area contributed by atoms with Gasteiger partial charge in [-0.1, -0.05) is 65.8 Å². The zero-order valence-corrected chi connectivity index (χ0v) is 16.5. The first kappa shape index (κ1) is 18.9. The van der Waals surface area contributed by atoms with E-state index in [1.807, 2.05) is 66.7 Å². The highest BCUT2D eigenvalue weighted by molar-refractivity contribution is 5.96. The Morgan fingerprint density at radius 2 is 1.45 bits per heavy atom. The van der Waals surface area contributed by atoms with Crippen molar-refractivity contribution in [2.45, 2.75) is 5.92 Å². The van der Waals surface area contributed by atoms with Gasteiger partial charge in [-0.25, -0.2) is 0 Å². The number of benzene rings is 3. The summed E-state index contributed by atoms with van der Waals surface area (Å²) < 4.78 is 16.8. The number of nitrogens with zero attached hydrogens (tertiary/aromatic N) is 2. The van der Waals surface area contributed by atoms with Crippen molar-refractivity contribution in [2.75, 3.05) is 18.5 Å². The average molecular weight is 413 g/mol. The molecular weight excluding hydrogens is 394 g/mol. The molecule has 31 heavy (non-hydrogen) atoms. The zero-order chi connectivity index (χ0) is 21.0. The summed E-state index contributed by atoms with van der Waals surface area (Å²) in [5, 5.41) is 10.8. The van der Waals surface area contributed by atoms with Gasteiger partial charge in [0.25, 0.3) is 0 Å². The van der Waals surface area contributed by atoms with E-state index < -0.39 is 5.92 Å². The molecule has 0 spiro atoms. The maximum Gasteiger partial charge on any atom is 0.322 e. The van der Waals surface area contributed by atoms with Gasteiger partial charge in [0.15, 0.2) is 11.5 Å². The third-order valence-corrected chi connectivity index (χ3v) is 4.97. The van der Waals surface area contributed by atoms with E-state index in [2.05, 4.69) is 15.5 Å². The SMILES string of the molecule is O=C(Nc1nnc(-c2ccc3c(c2)OCCO3)o1)C(c1ccccc1)c1ccccc1. The molecule has 0 fully saturated rings. The number of carbonyl (C=O) groups is 1. The summed E-state index contributed by atoms with van der Waals surface area (Å²) >= 11 is 0. The normalized spacial score (nSPS) is 12.5. The van der Waals surface area contributed by atoms with Gasteiger partial charge in [0.2, 0.25) is 11.8 Å². The van der Waals surface area contributed by atoms with E-state index in [0.29, 0.717) is 30.3 Å². The second-order valence-electron chi connectivity index (χ2n) is 7.01. The van der Waals surface area contributed by atoms with Crippen molar-refractivity contribution in [3.8, 4) is 23.0 Å². The van der Waals surface area contributed by atoms with E-state index in [9.17, 15) is 4.79 Å². The van der Waals surface area contributed by atoms with Crippen molar-refractivity contribution in [1.82, 2.24) is 10.2 Å². The number of hydrogen-bond acceptors (Lipinski definition) is 6. The van der Waals surface area contributed by atoms with Gasteiger partial charge in [0.05, 0.1) is 5.92 Å². The molecule has 4 aromatic rings. The first-order valence-electron chi connectivity index (χ1n) is 9.92. The maximum absolute atomic E-state index is 13.2. The quantitative estimate of drug-likeness (QED) is 0.526. The van der Waals surface area contributed by atoms with E-state index in [4.69, 9.17) is 13.9 Å². The van der Waals surface area contributed by atoms with Gasteiger partial charge in [0.1, 0.15) is 13.2 Å². The lowest BCUT2D eigenvalue weighted by Gasteiger charge is -2.18. The summed E-state index contributed by atoms with van der Waals surface area (Å²) in [4.78, 5) is 13.2. The van der Waals surface area contributed by atoms with Crippen LogP contribution in [0.15, 0.2) is 83.3 Å². The number of amides is 1. The molecule has 3 aromatic carbocycles. The molecule has 7 heteroatoms. The monoisotopic (exact) mass is 413 g/mol. The summed E-state index contributed by atoms with van der Waals surface area (Å²) in [6, 6.07) is 24.6. The van der Waals surface area contributed by atoms with Crippen LogP contribution in [0.4, 0.5) is 6.01 Å². The van der Waals surface area contributed by atoms with Gasteiger partial charge >= 0.3 is 6.01 Å². The fraction of sp³-hybridized carbons (Fsp3) is 0.125. The fourth-order valence-electron chi connectivity index (χ4n) is 3.53. The lowest BCUT2D eigenvalue weighted by atomic mass is 9.90. The lowest BCUT2D eigenvalue weighted by Crippen LogP contribution is -2.22. The first-order chi connectivity index (χ1) is 15.3. The molecule has 5 rings (SSSR count). The number of nitrogens with one attached hydrogen (secondary N) is 1. The molecule has 1 aliphatic heterocycles. The number of ether oxygens (including phenoxy) is 2. The molecule has 1 N–H and O–H groups in total. The molecule has 0 radical (unpaired) electrons. The smallest absolute Gasteiger partial charge is 0.322 e. The molecule has 154 valence electrons. The van der Waals surface area contributed by atoms with E-state index in [0.717, 1.165) is 11.1 Å². The highest BCUT2D eigenvalue weighted by Crippen LogP contribution is 2.34. The van der Waals surface area contributed by atoms with Crippen LogP contribution in [0.25, 0.3) is 11.5 Å². The molecule has 1 amide bonds. The minimum Gasteiger partial charge on any atom is -0.486 e. The maximum atomic E-state index is 13.2. The number of anilines is 1. The summed E-state index contributed by atoms with van der Waals surface area (Å²) in [7, 11) is 0. The molecule has 0 aliphatic carbocycles. The number of fused-ring (bicyclic) bond motifs is 1. The van der Waals surface area contributed by atoms with Crippen LogP contribution in [0.3, 0.4) is 0 Å². The zero-order valence-electron chi connectivity index (χ0n) is 16.5. The third-order valence-electron chi connectivity index (χ3n) is 4.97. The van der Waals surface area contributed by atoms with E-state index in [1.54, 1.807) is 12.1 Å². The highest BCUT2D eigenvalue weighted by atomic mass is 16.6. The molecule has 1 aliphatic rings. The fourth-order valence-corrected chi connectivity index (χ4v) is 3.53. The average Bonchev–Trinajstić information content (AvgIpc) is 3.29. The van der Waals surface area contributed by atoms with Gasteiger partial charge in [0, 0.05) is 5.56 Å². The van der Waals surface area contributed by atoms with Crippen LogP contribution in [-0.4, -0.2) is 29.3 Å². The predicted octanol–water partition coefficient (Wildman–Crippen LogP) is 4.28. The number of hydrogen-bond donors (Lipinski definition) is 1. The second kappa shape index (κ2) is 8.31. The molecule has 2 heterocycles. The standard InChI is InChI=1S/C24H19N3O4/c28-22(21(16-7-3-1-4-8-16)17-9-5-2-6-10-17)25-24-27-26-23(31-24)18-11-12-19-20(15-18)30-14-13-29-19/h1-12,15,21H,13-14H2,(H,25,27,28). The van der Waals surface area contributed by atoms with Gasteiger partial charge in [-0.15, -0.1) is 5.10 Å². The third kappa shape index (κ3) is 3.98. The van der Waals surface area contributed by atoms with Crippen LogP contribution >= 0.6 is 0 Å². The Morgan fingerprint density at radius 1 is 0.806 bits per heavy atom. The largest absolute Gasteiger partial charge is 0.486 e. The van der Waals surface area contributed by atoms with Crippen molar-refractivity contribution in [1.29, 1.82) is 0 Å². The summed E-state index contributed by atoms with van der Waals surface area (Å²) in [5.74, 6) is 0.822. The molecule has 0 saturated heterocycles. The Kier molecular flexibility index (Phi) is 5.06. The number of aromatic nitrogens is 2. The van der Waals surface area contributed by atoms with Gasteiger partial charge < -0.3 is 13.9 Å². The van der Waals surface area contributed by atoms with Gasteiger partial charge in [-0.3, -0.25) is 10.1 Å². The van der Waals surface area contributed by atoms with Crippen molar-refractivity contribution < 1.29 is 18.7 Å². The summed E-state index contributed by atoms with van der Waals surface area (Å²) in [6.07, 6.45) is 0. The van der Waals surface area contributed by atoms with Crippen molar-refractivity contribution in [2.24, 2.45) is 0 Å². The van der Waals surface area contributed by atoms with Crippen molar-refractivity contribution in [3.05, 3.63) is 90.0 Å². The minimum absolute atomic E-state index is 0.0340. The predicted molar refractivity (Wildman–Crippen MR) is 114 cm³/mol. The van der Waals surface area contributed by atoms with Gasteiger partial charge in [-0.2, -0.15) is 0 Å². The van der Waals surface area contributed by atoms with Crippen LogP contribution in [0, 0.1) is 0 Å². The second-order valence-corrected chi connectivity index (χ2v) is 7.01. The number of carbonyl (C=O) groups excluding carboxylic acids is 1.